The van der Waals surface area contributed by atoms with E-state index in [1.807, 2.05) is 27.7 Å². The molecule has 0 bridgehead atoms. The van der Waals surface area contributed by atoms with E-state index in [0.29, 0.717) is 19.6 Å². The van der Waals surface area contributed by atoms with Crippen LogP contribution in [-0.4, -0.2) is 77.1 Å². The molecule has 0 saturated heterocycles. The maximum Gasteiger partial charge on any atom is 0.255 e. The average molecular weight is 576 g/mol. The van der Waals surface area contributed by atoms with Crippen LogP contribution in [0.1, 0.15) is 73.7 Å². The molecule has 41 heavy (non-hydrogen) atoms. The Labute approximate surface area is 241 Å². The number of benzene rings is 1. The van der Waals surface area contributed by atoms with Gasteiger partial charge >= 0.3 is 0 Å². The van der Waals surface area contributed by atoms with Crippen LogP contribution < -0.4 is 16.0 Å². The van der Waals surface area contributed by atoms with Gasteiger partial charge in [0, 0.05) is 44.6 Å². The van der Waals surface area contributed by atoms with E-state index in [2.05, 4.69) is 20.9 Å². The highest BCUT2D eigenvalue weighted by molar-refractivity contribution is 5.99. The van der Waals surface area contributed by atoms with Crippen LogP contribution in [0.15, 0.2) is 36.7 Å². The van der Waals surface area contributed by atoms with E-state index in [1.54, 1.807) is 11.8 Å². The smallest absolute Gasteiger partial charge is 0.255 e. The van der Waals surface area contributed by atoms with Crippen molar-refractivity contribution in [1.82, 2.24) is 25.8 Å². The lowest BCUT2D eigenvalue weighted by molar-refractivity contribution is -0.123. The van der Waals surface area contributed by atoms with Crippen molar-refractivity contribution in [2.75, 3.05) is 26.2 Å². The van der Waals surface area contributed by atoms with Gasteiger partial charge in [0.25, 0.3) is 11.8 Å². The number of aliphatic hydroxyl groups is 1. The van der Waals surface area contributed by atoms with Crippen LogP contribution in [0.3, 0.4) is 0 Å². The van der Waals surface area contributed by atoms with Crippen LogP contribution in [-0.2, 0) is 11.2 Å². The summed E-state index contributed by atoms with van der Waals surface area (Å²) in [6.07, 6.45) is 2.95. The Morgan fingerprint density at radius 3 is 2.12 bits per heavy atom. The number of carbonyl (C=O) groups is 3. The molecular weight excluding hydrogens is 532 g/mol. The minimum Gasteiger partial charge on any atom is -0.390 e. The molecule has 2 aromatic rings. The molecule has 3 atom stereocenters. The van der Waals surface area contributed by atoms with Gasteiger partial charge in [-0.25, -0.2) is 8.78 Å². The molecule has 0 fully saturated rings. The second-order valence-electron chi connectivity index (χ2n) is 10.7. The van der Waals surface area contributed by atoms with Crippen molar-refractivity contribution in [3.8, 4) is 0 Å². The highest BCUT2D eigenvalue weighted by Crippen LogP contribution is 2.14. The van der Waals surface area contributed by atoms with Crippen molar-refractivity contribution in [2.24, 2.45) is 5.92 Å². The molecule has 1 aromatic heterocycles. The predicted molar refractivity (Wildman–Crippen MR) is 153 cm³/mol. The molecule has 0 saturated carbocycles. The minimum atomic E-state index is -1.23. The summed E-state index contributed by atoms with van der Waals surface area (Å²) in [5.74, 6) is -2.40. The van der Waals surface area contributed by atoms with E-state index >= 15 is 0 Å². The van der Waals surface area contributed by atoms with Crippen LogP contribution in [0.5, 0.6) is 0 Å². The molecule has 2 rings (SSSR count). The lowest BCUT2D eigenvalue weighted by Gasteiger charge is -2.26. The van der Waals surface area contributed by atoms with E-state index in [-0.39, 0.29) is 47.4 Å². The molecular formula is C30H43F2N5O4. The second kappa shape index (κ2) is 16.7. The number of nitrogens with zero attached hydrogens (tertiary/aromatic N) is 2. The summed E-state index contributed by atoms with van der Waals surface area (Å²) < 4.78 is 27.8. The number of aliphatic hydroxyl groups excluding tert-OH is 1. The molecule has 0 radical (unpaired) electrons. The Balaban J connectivity index is 2.22. The summed E-state index contributed by atoms with van der Waals surface area (Å²) in [4.78, 5) is 44.4. The zero-order valence-corrected chi connectivity index (χ0v) is 24.5. The number of hydrogen-bond donors (Lipinski definition) is 4. The topological polar surface area (TPSA) is 124 Å². The average Bonchev–Trinajstić information content (AvgIpc) is 2.92. The summed E-state index contributed by atoms with van der Waals surface area (Å²) in [5, 5.41) is 19.5. The first-order valence-electron chi connectivity index (χ1n) is 14.1. The molecule has 0 aliphatic heterocycles. The van der Waals surface area contributed by atoms with Crippen molar-refractivity contribution < 1.29 is 28.3 Å². The normalized spacial score (nSPS) is 13.4. The second-order valence-corrected chi connectivity index (χ2v) is 10.7. The van der Waals surface area contributed by atoms with Gasteiger partial charge in [-0.2, -0.15) is 0 Å². The van der Waals surface area contributed by atoms with Gasteiger partial charge < -0.3 is 26.0 Å². The highest BCUT2D eigenvalue weighted by Gasteiger charge is 2.25. The van der Waals surface area contributed by atoms with Gasteiger partial charge in [-0.3, -0.25) is 19.4 Å². The lowest BCUT2D eigenvalue weighted by Crippen LogP contribution is -2.52. The molecule has 0 aliphatic carbocycles. The first kappa shape index (κ1) is 33.8. The van der Waals surface area contributed by atoms with Crippen LogP contribution in [0.25, 0.3) is 0 Å². The lowest BCUT2D eigenvalue weighted by atomic mass is 10.00. The SMILES string of the molecule is CCCN(CCC)C(=O)c1cncc(C(=O)N[C@@H](Cc2cc(F)cc(F)c2)[C@H](O)CN[C@@H](C)C(=O)NCC(C)C)c1. The molecule has 11 heteroatoms. The van der Waals surface area contributed by atoms with E-state index in [4.69, 9.17) is 0 Å². The molecule has 3 amide bonds. The number of carbonyl (C=O) groups excluding carboxylic acids is 3. The highest BCUT2D eigenvalue weighted by atomic mass is 19.1. The molecule has 1 aromatic carbocycles. The first-order valence-corrected chi connectivity index (χ1v) is 14.1. The van der Waals surface area contributed by atoms with E-state index < -0.39 is 35.7 Å². The number of hydrogen-bond acceptors (Lipinski definition) is 6. The van der Waals surface area contributed by atoms with Crippen molar-refractivity contribution in [2.45, 2.75) is 72.1 Å². The molecule has 0 aliphatic rings. The van der Waals surface area contributed by atoms with Crippen LogP contribution in [0, 0.1) is 17.6 Å². The number of amides is 3. The van der Waals surface area contributed by atoms with Gasteiger partial charge in [0.2, 0.25) is 5.91 Å². The monoisotopic (exact) mass is 575 g/mol. The maximum atomic E-state index is 13.9. The fourth-order valence-corrected chi connectivity index (χ4v) is 4.23. The summed E-state index contributed by atoms with van der Waals surface area (Å²) in [6.45, 7) is 11.1. The maximum absolute atomic E-state index is 13.9. The van der Waals surface area contributed by atoms with Gasteiger partial charge in [-0.1, -0.05) is 27.7 Å². The van der Waals surface area contributed by atoms with E-state index in [1.165, 1.54) is 18.5 Å². The molecule has 226 valence electrons. The minimum absolute atomic E-state index is 0.0845. The Hall–Kier alpha value is -3.44. The van der Waals surface area contributed by atoms with Crippen molar-refractivity contribution in [3.05, 3.63) is 65.0 Å². The molecule has 9 nitrogen and oxygen atoms in total. The third kappa shape index (κ3) is 11.2. The Morgan fingerprint density at radius 2 is 1.54 bits per heavy atom. The number of halogens is 2. The van der Waals surface area contributed by atoms with Crippen molar-refractivity contribution in [1.29, 1.82) is 0 Å². The first-order chi connectivity index (χ1) is 19.4. The zero-order valence-electron chi connectivity index (χ0n) is 24.5. The van der Waals surface area contributed by atoms with Crippen molar-refractivity contribution in [3.63, 3.8) is 0 Å². The zero-order chi connectivity index (χ0) is 30.5. The fourth-order valence-electron chi connectivity index (χ4n) is 4.23. The Bertz CT molecular complexity index is 1140. The standard InChI is InChI=1S/C30H43F2N5O4/c1-6-8-37(9-7-2)30(41)23-13-22(16-33-17-23)29(40)36-26(12-21-10-24(31)14-25(32)11-21)27(38)18-34-20(5)28(39)35-15-19(3)4/h10-11,13-14,16-17,19-20,26-27,34,38H,6-9,12,15,18H2,1-5H3,(H,35,39)(H,36,40)/t20-,26-,27+/m0/s1. The molecule has 1 heterocycles. The summed E-state index contributed by atoms with van der Waals surface area (Å²) in [7, 11) is 0. The third-order valence-corrected chi connectivity index (χ3v) is 6.39. The molecule has 0 unspecified atom stereocenters. The van der Waals surface area contributed by atoms with Crippen molar-refractivity contribution >= 4 is 17.7 Å². The quantitative estimate of drug-likeness (QED) is 0.244. The number of nitrogens with one attached hydrogen (secondary N) is 3. The third-order valence-electron chi connectivity index (χ3n) is 6.39. The fraction of sp³-hybridized carbons (Fsp3) is 0.533. The van der Waals surface area contributed by atoms with Gasteiger partial charge in [0.1, 0.15) is 11.6 Å². The summed E-state index contributed by atoms with van der Waals surface area (Å²) in [5.41, 5.74) is 0.582. The van der Waals surface area contributed by atoms with Crippen LogP contribution in [0.4, 0.5) is 8.78 Å². The van der Waals surface area contributed by atoms with Gasteiger partial charge in [-0.05, 0) is 55.9 Å². The Kier molecular flexibility index (Phi) is 13.8. The number of aromatic nitrogens is 1. The largest absolute Gasteiger partial charge is 0.390 e. The molecule has 4 N–H and O–H groups in total. The Morgan fingerprint density at radius 1 is 0.927 bits per heavy atom. The van der Waals surface area contributed by atoms with Crippen LogP contribution >= 0.6 is 0 Å². The van der Waals surface area contributed by atoms with Gasteiger partial charge in [0.15, 0.2) is 0 Å². The summed E-state index contributed by atoms with van der Waals surface area (Å²) in [6, 6.07) is 2.81. The summed E-state index contributed by atoms with van der Waals surface area (Å²) >= 11 is 0. The van der Waals surface area contributed by atoms with E-state index in [0.717, 1.165) is 31.0 Å². The number of rotatable bonds is 16. The predicted octanol–water partition coefficient (Wildman–Crippen LogP) is 3.07. The van der Waals surface area contributed by atoms with Crippen LogP contribution in [0.2, 0.25) is 0 Å². The molecule has 0 spiro atoms. The van der Waals surface area contributed by atoms with Gasteiger partial charge in [-0.15, -0.1) is 0 Å². The number of pyridine rings is 1. The van der Waals surface area contributed by atoms with Gasteiger partial charge in [0.05, 0.1) is 29.3 Å². The van der Waals surface area contributed by atoms with E-state index in [9.17, 15) is 28.3 Å².